The van der Waals surface area contributed by atoms with Crippen molar-refractivity contribution in [2.24, 2.45) is 5.92 Å². The Kier molecular flexibility index (Phi) is 5.94. The van der Waals surface area contributed by atoms with E-state index in [-0.39, 0.29) is 0 Å². The normalized spacial score (nSPS) is 14.0. The molecule has 0 heterocycles. The summed E-state index contributed by atoms with van der Waals surface area (Å²) < 4.78 is 0. The van der Waals surface area contributed by atoms with Crippen LogP contribution in [0.15, 0.2) is 18.2 Å². The summed E-state index contributed by atoms with van der Waals surface area (Å²) >= 11 is 0. The van der Waals surface area contributed by atoms with Crippen molar-refractivity contribution < 1.29 is 19.8 Å². The molecule has 0 radical (unpaired) electrons. The fourth-order valence-electron chi connectivity index (χ4n) is 2.27. The van der Waals surface area contributed by atoms with Crippen molar-refractivity contribution in [1.29, 1.82) is 0 Å². The third kappa shape index (κ3) is 4.59. The van der Waals surface area contributed by atoms with E-state index in [9.17, 15) is 19.8 Å². The lowest BCUT2D eigenvalue weighted by atomic mass is 9.86. The van der Waals surface area contributed by atoms with E-state index in [2.05, 4.69) is 13.8 Å². The topological polar surface area (TPSA) is 74.6 Å². The first-order valence-electron chi connectivity index (χ1n) is 7.32. The first-order chi connectivity index (χ1) is 9.73. The van der Waals surface area contributed by atoms with Crippen LogP contribution in [0.2, 0.25) is 0 Å². The van der Waals surface area contributed by atoms with E-state index in [1.54, 1.807) is 19.9 Å². The maximum absolute atomic E-state index is 11.3. The predicted octanol–water partition coefficient (Wildman–Crippen LogP) is 3.65. The molecule has 1 aromatic carbocycles. The molecule has 1 rings (SSSR count). The van der Waals surface area contributed by atoms with Gasteiger partial charge < -0.3 is 10.2 Å². The van der Waals surface area contributed by atoms with Crippen LogP contribution in [-0.2, 0) is 16.0 Å². The van der Waals surface area contributed by atoms with Crippen molar-refractivity contribution in [3.63, 3.8) is 0 Å². The summed E-state index contributed by atoms with van der Waals surface area (Å²) in [7, 11) is 0. The molecule has 0 amide bonds. The van der Waals surface area contributed by atoms with Crippen molar-refractivity contribution in [3.8, 4) is 0 Å². The second-order valence-corrected chi connectivity index (χ2v) is 6.02. The summed E-state index contributed by atoms with van der Waals surface area (Å²) in [5.74, 6) is -2.72. The molecule has 4 heteroatoms. The highest BCUT2D eigenvalue weighted by Gasteiger charge is 2.24. The molecule has 2 N–H and O–H groups in total. The summed E-state index contributed by atoms with van der Waals surface area (Å²) in [6.45, 7) is 7.47. The van der Waals surface area contributed by atoms with Crippen molar-refractivity contribution in [1.82, 2.24) is 0 Å². The lowest BCUT2D eigenvalue weighted by molar-refractivity contribution is -0.140. The standard InChI is InChI=1S/C17H24O4/c1-10(2)5-6-13-7-8-14(11(3)16(18)19)15(9-13)12(4)17(20)21/h7-12H,5-6H2,1-4H3,(H,18,19)(H,20,21). The zero-order chi connectivity index (χ0) is 16.2. The first-order valence-corrected chi connectivity index (χ1v) is 7.32. The number of carboxylic acids is 2. The number of hydrogen-bond acceptors (Lipinski definition) is 2. The third-order valence-electron chi connectivity index (χ3n) is 3.84. The summed E-state index contributed by atoms with van der Waals surface area (Å²) in [6, 6.07) is 5.54. The molecule has 0 aliphatic carbocycles. The fourth-order valence-corrected chi connectivity index (χ4v) is 2.27. The third-order valence-corrected chi connectivity index (χ3v) is 3.84. The van der Waals surface area contributed by atoms with Gasteiger partial charge in [0, 0.05) is 0 Å². The van der Waals surface area contributed by atoms with Crippen LogP contribution in [0.4, 0.5) is 0 Å². The Bertz CT molecular complexity index is 520. The van der Waals surface area contributed by atoms with E-state index in [0.717, 1.165) is 18.4 Å². The zero-order valence-electron chi connectivity index (χ0n) is 13.1. The Labute approximate surface area is 125 Å². The van der Waals surface area contributed by atoms with Gasteiger partial charge in [-0.3, -0.25) is 9.59 Å². The molecule has 0 saturated heterocycles. The number of benzene rings is 1. The minimum absolute atomic E-state index is 0.572. The molecule has 0 aromatic heterocycles. The lowest BCUT2D eigenvalue weighted by Crippen LogP contribution is -2.15. The molecule has 2 unspecified atom stereocenters. The Morgan fingerprint density at radius 2 is 1.48 bits per heavy atom. The van der Waals surface area contributed by atoms with E-state index >= 15 is 0 Å². The summed E-state index contributed by atoms with van der Waals surface area (Å²) in [5, 5.41) is 18.4. The van der Waals surface area contributed by atoms with Crippen molar-refractivity contribution >= 4 is 11.9 Å². The molecule has 0 aliphatic rings. The van der Waals surface area contributed by atoms with Gasteiger partial charge in [-0.25, -0.2) is 0 Å². The molecule has 21 heavy (non-hydrogen) atoms. The van der Waals surface area contributed by atoms with E-state index in [1.165, 1.54) is 0 Å². The van der Waals surface area contributed by atoms with Gasteiger partial charge in [0.2, 0.25) is 0 Å². The zero-order valence-corrected chi connectivity index (χ0v) is 13.1. The van der Waals surface area contributed by atoms with E-state index < -0.39 is 23.8 Å². The maximum Gasteiger partial charge on any atom is 0.310 e. The van der Waals surface area contributed by atoms with Gasteiger partial charge in [0.15, 0.2) is 0 Å². The molecule has 0 bridgehead atoms. The van der Waals surface area contributed by atoms with Crippen molar-refractivity contribution in [3.05, 3.63) is 34.9 Å². The maximum atomic E-state index is 11.3. The number of aryl methyl sites for hydroxylation is 1. The van der Waals surface area contributed by atoms with Crippen LogP contribution in [0.25, 0.3) is 0 Å². The molecule has 0 aliphatic heterocycles. The van der Waals surface area contributed by atoms with Crippen molar-refractivity contribution in [2.45, 2.75) is 52.4 Å². The molecular weight excluding hydrogens is 268 g/mol. The van der Waals surface area contributed by atoms with Crippen LogP contribution >= 0.6 is 0 Å². The Morgan fingerprint density at radius 3 is 1.95 bits per heavy atom. The van der Waals surface area contributed by atoms with Crippen LogP contribution in [0.5, 0.6) is 0 Å². The molecule has 1 aromatic rings. The number of carboxylic acid groups (broad SMARTS) is 2. The monoisotopic (exact) mass is 292 g/mol. The minimum atomic E-state index is -0.941. The SMILES string of the molecule is CC(C)CCc1ccc(C(C)C(=O)O)c(C(C)C(=O)O)c1. The summed E-state index contributed by atoms with van der Waals surface area (Å²) in [5.41, 5.74) is 2.26. The minimum Gasteiger partial charge on any atom is -0.481 e. The molecule has 4 nitrogen and oxygen atoms in total. The second-order valence-electron chi connectivity index (χ2n) is 6.02. The van der Waals surface area contributed by atoms with Gasteiger partial charge in [0.05, 0.1) is 11.8 Å². The quantitative estimate of drug-likeness (QED) is 0.804. The van der Waals surface area contributed by atoms with Crippen molar-refractivity contribution in [2.75, 3.05) is 0 Å². The molecular formula is C17H24O4. The smallest absolute Gasteiger partial charge is 0.310 e. The molecule has 116 valence electrons. The van der Waals surface area contributed by atoms with Crippen LogP contribution in [-0.4, -0.2) is 22.2 Å². The van der Waals surface area contributed by atoms with E-state index in [4.69, 9.17) is 0 Å². The van der Waals surface area contributed by atoms with Gasteiger partial charge in [-0.2, -0.15) is 0 Å². The molecule has 0 saturated carbocycles. The number of carbonyl (C=O) groups is 2. The summed E-state index contributed by atoms with van der Waals surface area (Å²) in [6.07, 6.45) is 1.90. The average molecular weight is 292 g/mol. The van der Waals surface area contributed by atoms with E-state index in [0.29, 0.717) is 17.0 Å². The highest BCUT2D eigenvalue weighted by atomic mass is 16.4. The number of hydrogen-bond donors (Lipinski definition) is 2. The van der Waals surface area contributed by atoms with Gasteiger partial charge in [-0.05, 0) is 49.3 Å². The molecule has 0 fully saturated rings. The Hall–Kier alpha value is -1.84. The second kappa shape index (κ2) is 7.25. The molecule has 2 atom stereocenters. The predicted molar refractivity (Wildman–Crippen MR) is 81.7 cm³/mol. The van der Waals surface area contributed by atoms with Gasteiger partial charge in [0.1, 0.15) is 0 Å². The van der Waals surface area contributed by atoms with Crippen LogP contribution in [0, 0.1) is 5.92 Å². The largest absolute Gasteiger partial charge is 0.481 e. The summed E-state index contributed by atoms with van der Waals surface area (Å²) in [4.78, 5) is 22.5. The van der Waals surface area contributed by atoms with Gasteiger partial charge in [-0.15, -0.1) is 0 Å². The van der Waals surface area contributed by atoms with Crippen LogP contribution < -0.4 is 0 Å². The fraction of sp³-hybridized carbons (Fsp3) is 0.529. The highest BCUT2D eigenvalue weighted by Crippen LogP contribution is 2.29. The van der Waals surface area contributed by atoms with Gasteiger partial charge in [-0.1, -0.05) is 32.0 Å². The van der Waals surface area contributed by atoms with Crippen LogP contribution in [0.3, 0.4) is 0 Å². The lowest BCUT2D eigenvalue weighted by Gasteiger charge is -2.18. The highest BCUT2D eigenvalue weighted by molar-refractivity contribution is 5.80. The van der Waals surface area contributed by atoms with E-state index in [1.807, 2.05) is 12.1 Å². The first kappa shape index (κ1) is 17.2. The number of aliphatic carboxylic acids is 2. The van der Waals surface area contributed by atoms with Gasteiger partial charge >= 0.3 is 11.9 Å². The molecule has 0 spiro atoms. The van der Waals surface area contributed by atoms with Crippen LogP contribution in [0.1, 0.15) is 62.6 Å². The Morgan fingerprint density at radius 1 is 0.952 bits per heavy atom. The Balaban J connectivity index is 3.19. The average Bonchev–Trinajstić information content (AvgIpc) is 2.42. The number of rotatable bonds is 7. The van der Waals surface area contributed by atoms with Gasteiger partial charge in [0.25, 0.3) is 0 Å².